The molecular weight excluding hydrogens is 465 g/mol. The number of ether oxygens (including phenoxy) is 2. The van der Waals surface area contributed by atoms with E-state index >= 15 is 0 Å². The molecule has 0 radical (unpaired) electrons. The molecule has 1 saturated heterocycles. The summed E-state index contributed by atoms with van der Waals surface area (Å²) in [5, 5.41) is 2.55. The molecule has 0 amide bonds. The lowest BCUT2D eigenvalue weighted by molar-refractivity contribution is -0.142. The standard InChI is InChI=1S/C22H30N3O8P/c1-3-4-12-30-20(27)14-23-34(29,33-17-8-6-5-7-9-17)31-15-18-13-16(2)21(32-18)25-11-10-19(26)24-22(25)28/h5-11,16,18,21H,3-4,12-15H2,1-2H3,(H,23,29)(H,24,26,28). The van der Waals surface area contributed by atoms with Gasteiger partial charge in [-0.2, -0.15) is 0 Å². The molecule has 1 fully saturated rings. The van der Waals surface area contributed by atoms with E-state index in [9.17, 15) is 18.9 Å². The van der Waals surface area contributed by atoms with Gasteiger partial charge in [0.25, 0.3) is 5.56 Å². The predicted octanol–water partition coefficient (Wildman–Crippen LogP) is 2.60. The number of unbranched alkanes of at least 4 members (excludes halogenated alkanes) is 1. The number of aromatic amines is 1. The van der Waals surface area contributed by atoms with Crippen LogP contribution in [0.4, 0.5) is 0 Å². The summed E-state index contributed by atoms with van der Waals surface area (Å²) in [6.07, 6.45) is 2.39. The number of carbonyl (C=O) groups is 1. The van der Waals surface area contributed by atoms with Gasteiger partial charge in [-0.1, -0.05) is 38.5 Å². The van der Waals surface area contributed by atoms with Gasteiger partial charge in [-0.05, 0) is 25.0 Å². The van der Waals surface area contributed by atoms with Crippen molar-refractivity contribution >= 4 is 13.7 Å². The van der Waals surface area contributed by atoms with Crippen molar-refractivity contribution in [1.29, 1.82) is 0 Å². The number of H-pyrrole nitrogens is 1. The fourth-order valence-electron chi connectivity index (χ4n) is 3.44. The van der Waals surface area contributed by atoms with Crippen LogP contribution >= 0.6 is 7.75 Å². The van der Waals surface area contributed by atoms with Gasteiger partial charge < -0.3 is 14.0 Å². The number of nitrogens with one attached hydrogen (secondary N) is 2. The lowest BCUT2D eigenvalue weighted by atomic mass is 10.1. The van der Waals surface area contributed by atoms with Crippen molar-refractivity contribution in [3.63, 3.8) is 0 Å². The van der Waals surface area contributed by atoms with Gasteiger partial charge in [0.2, 0.25) is 0 Å². The minimum atomic E-state index is -3.96. The molecule has 0 aliphatic carbocycles. The molecule has 2 N–H and O–H groups in total. The van der Waals surface area contributed by atoms with E-state index in [0.29, 0.717) is 12.2 Å². The van der Waals surface area contributed by atoms with E-state index in [-0.39, 0.29) is 25.7 Å². The van der Waals surface area contributed by atoms with Gasteiger partial charge in [-0.15, -0.1) is 0 Å². The van der Waals surface area contributed by atoms with Crippen molar-refractivity contribution < 1.29 is 27.9 Å². The third-order valence-corrected chi connectivity index (χ3v) is 6.64. The molecule has 1 aliphatic heterocycles. The first-order valence-corrected chi connectivity index (χ1v) is 12.7. The number of para-hydroxylation sites is 1. The van der Waals surface area contributed by atoms with E-state index in [0.717, 1.165) is 12.8 Å². The number of benzene rings is 1. The van der Waals surface area contributed by atoms with E-state index in [1.165, 1.54) is 16.8 Å². The quantitative estimate of drug-likeness (QED) is 0.258. The Labute approximate surface area is 197 Å². The molecule has 0 spiro atoms. The Bertz CT molecular complexity index is 1100. The molecule has 34 heavy (non-hydrogen) atoms. The summed E-state index contributed by atoms with van der Waals surface area (Å²) in [7, 11) is -3.96. The number of hydrogen-bond donors (Lipinski definition) is 2. The maximum atomic E-state index is 13.4. The van der Waals surface area contributed by atoms with Gasteiger partial charge in [-0.3, -0.25) is 23.7 Å². The van der Waals surface area contributed by atoms with Crippen LogP contribution in [0.15, 0.2) is 52.2 Å². The summed E-state index contributed by atoms with van der Waals surface area (Å²) in [6, 6.07) is 9.69. The number of esters is 1. The van der Waals surface area contributed by atoms with Crippen LogP contribution in [0.25, 0.3) is 0 Å². The molecule has 0 saturated carbocycles. The lowest BCUT2D eigenvalue weighted by Crippen LogP contribution is -2.33. The fraction of sp³-hybridized carbons (Fsp3) is 0.500. The molecule has 2 heterocycles. The van der Waals surface area contributed by atoms with Crippen LogP contribution in [0.1, 0.15) is 39.3 Å². The zero-order chi connectivity index (χ0) is 24.6. The van der Waals surface area contributed by atoms with Gasteiger partial charge in [0.05, 0.1) is 19.3 Å². The first-order valence-electron chi connectivity index (χ1n) is 11.2. The molecule has 1 aromatic carbocycles. The summed E-state index contributed by atoms with van der Waals surface area (Å²) in [4.78, 5) is 37.6. The van der Waals surface area contributed by atoms with Crippen molar-refractivity contribution in [3.8, 4) is 5.75 Å². The third-order valence-electron chi connectivity index (χ3n) is 5.16. The summed E-state index contributed by atoms with van der Waals surface area (Å²) in [5.41, 5.74) is -1.07. The van der Waals surface area contributed by atoms with E-state index < -0.39 is 37.3 Å². The smallest absolute Gasteiger partial charge is 0.459 e. The van der Waals surface area contributed by atoms with Gasteiger partial charge in [0, 0.05) is 18.2 Å². The summed E-state index contributed by atoms with van der Waals surface area (Å²) < 4.78 is 36.9. The second-order valence-corrected chi connectivity index (χ2v) is 9.74. The number of nitrogens with zero attached hydrogens (tertiary/aromatic N) is 1. The largest absolute Gasteiger partial charge is 0.465 e. The Kier molecular flexibility index (Phi) is 9.23. The third kappa shape index (κ3) is 7.39. The monoisotopic (exact) mass is 495 g/mol. The minimum absolute atomic E-state index is 0.0758. The number of carbonyl (C=O) groups excluding carboxylic acids is 1. The van der Waals surface area contributed by atoms with Gasteiger partial charge in [0.1, 0.15) is 18.5 Å². The Hall–Kier alpha value is -2.72. The second kappa shape index (κ2) is 12.1. The Morgan fingerprint density at radius 1 is 1.26 bits per heavy atom. The van der Waals surface area contributed by atoms with Crippen LogP contribution in [0.3, 0.4) is 0 Å². The van der Waals surface area contributed by atoms with Crippen LogP contribution in [0.2, 0.25) is 0 Å². The number of aromatic nitrogens is 2. The highest BCUT2D eigenvalue weighted by Crippen LogP contribution is 2.45. The van der Waals surface area contributed by atoms with Gasteiger partial charge in [-0.25, -0.2) is 14.4 Å². The van der Waals surface area contributed by atoms with Crippen molar-refractivity contribution in [2.75, 3.05) is 19.8 Å². The molecule has 1 aromatic heterocycles. The van der Waals surface area contributed by atoms with Crippen molar-refractivity contribution in [2.24, 2.45) is 5.92 Å². The fourth-order valence-corrected chi connectivity index (χ4v) is 4.73. The molecule has 11 nitrogen and oxygen atoms in total. The van der Waals surface area contributed by atoms with E-state index in [4.69, 9.17) is 18.5 Å². The Morgan fingerprint density at radius 3 is 2.74 bits per heavy atom. The van der Waals surface area contributed by atoms with Crippen molar-refractivity contribution in [1.82, 2.24) is 14.6 Å². The molecule has 0 bridgehead atoms. The first kappa shape index (κ1) is 25.9. The molecule has 2 aromatic rings. The van der Waals surface area contributed by atoms with Crippen LogP contribution in [0.5, 0.6) is 5.75 Å². The van der Waals surface area contributed by atoms with Crippen LogP contribution in [-0.2, 0) is 23.4 Å². The maximum Gasteiger partial charge on any atom is 0.459 e. The molecular formula is C22H30N3O8P. The zero-order valence-corrected chi connectivity index (χ0v) is 20.1. The minimum Gasteiger partial charge on any atom is -0.465 e. The van der Waals surface area contributed by atoms with Crippen LogP contribution < -0.4 is 20.9 Å². The van der Waals surface area contributed by atoms with E-state index in [2.05, 4.69) is 10.1 Å². The molecule has 3 rings (SSSR count). The molecule has 4 atom stereocenters. The number of hydrogen-bond acceptors (Lipinski definition) is 8. The maximum absolute atomic E-state index is 13.4. The Morgan fingerprint density at radius 2 is 2.03 bits per heavy atom. The van der Waals surface area contributed by atoms with Crippen LogP contribution in [0, 0.1) is 5.92 Å². The highest BCUT2D eigenvalue weighted by molar-refractivity contribution is 7.52. The summed E-state index contributed by atoms with van der Waals surface area (Å²) in [5.74, 6) is -0.346. The average molecular weight is 495 g/mol. The number of rotatable bonds is 12. The zero-order valence-electron chi connectivity index (χ0n) is 19.2. The predicted molar refractivity (Wildman–Crippen MR) is 124 cm³/mol. The van der Waals surface area contributed by atoms with Crippen molar-refractivity contribution in [2.45, 2.75) is 45.4 Å². The van der Waals surface area contributed by atoms with E-state index in [1.54, 1.807) is 30.3 Å². The molecule has 12 heteroatoms. The SMILES string of the molecule is CCCCOC(=O)CNP(=O)(OCC1CC(C)C(n2ccc(=O)[nH]c2=O)O1)Oc1ccccc1. The molecule has 186 valence electrons. The van der Waals surface area contributed by atoms with Crippen LogP contribution in [-0.4, -0.2) is 41.4 Å². The Balaban J connectivity index is 1.63. The average Bonchev–Trinajstić information content (AvgIpc) is 3.18. The lowest BCUT2D eigenvalue weighted by Gasteiger charge is -2.22. The highest BCUT2D eigenvalue weighted by atomic mass is 31.2. The van der Waals surface area contributed by atoms with Crippen molar-refractivity contribution in [3.05, 3.63) is 63.4 Å². The summed E-state index contributed by atoms with van der Waals surface area (Å²) in [6.45, 7) is 3.69. The van der Waals surface area contributed by atoms with E-state index in [1.807, 2.05) is 13.8 Å². The van der Waals surface area contributed by atoms with Gasteiger partial charge >= 0.3 is 19.4 Å². The second-order valence-electron chi connectivity index (χ2n) is 7.99. The summed E-state index contributed by atoms with van der Waals surface area (Å²) >= 11 is 0. The molecule has 1 aliphatic rings. The molecule has 4 unspecified atom stereocenters. The normalized spacial score (nSPS) is 21.6. The first-order chi connectivity index (χ1) is 16.3. The highest BCUT2D eigenvalue weighted by Gasteiger charge is 2.37. The van der Waals surface area contributed by atoms with Gasteiger partial charge in [0.15, 0.2) is 0 Å². The topological polar surface area (TPSA) is 138 Å².